The monoisotopic (exact) mass is 282 g/mol. The Kier molecular flexibility index (Phi) is 2.80. The lowest BCUT2D eigenvalue weighted by atomic mass is 9.91. The van der Waals surface area contributed by atoms with E-state index in [-0.39, 0.29) is 12.0 Å². The predicted molar refractivity (Wildman–Crippen MR) is 67.5 cm³/mol. The van der Waals surface area contributed by atoms with E-state index in [1.54, 1.807) is 0 Å². The van der Waals surface area contributed by atoms with Gasteiger partial charge in [-0.3, -0.25) is 0 Å². The molecule has 0 atom stereocenters. The topological polar surface area (TPSA) is 37.5 Å². The molecule has 2 rings (SSSR count). The van der Waals surface area contributed by atoms with Crippen LogP contribution >= 0.6 is 15.9 Å². The zero-order chi connectivity index (χ0) is 11.9. The molecular formula is C12H15BrN2O. The van der Waals surface area contributed by atoms with Crippen LogP contribution in [0.25, 0.3) is 5.65 Å². The minimum atomic E-state index is -0.0659. The lowest BCUT2D eigenvalue weighted by molar-refractivity contribution is 0.272. The van der Waals surface area contributed by atoms with Gasteiger partial charge in [0.1, 0.15) is 0 Å². The molecule has 0 aliphatic heterocycles. The molecule has 0 spiro atoms. The number of hydrogen-bond donors (Lipinski definition) is 1. The number of nitrogens with zero attached hydrogens (tertiary/aromatic N) is 2. The van der Waals surface area contributed by atoms with E-state index >= 15 is 0 Å². The second kappa shape index (κ2) is 3.86. The molecule has 0 saturated heterocycles. The van der Waals surface area contributed by atoms with Crippen molar-refractivity contribution in [2.45, 2.75) is 32.8 Å². The van der Waals surface area contributed by atoms with Gasteiger partial charge in [-0.1, -0.05) is 20.8 Å². The first-order valence-electron chi connectivity index (χ1n) is 5.22. The van der Waals surface area contributed by atoms with Crippen molar-refractivity contribution in [3.63, 3.8) is 0 Å². The maximum atomic E-state index is 9.48. The molecule has 2 heterocycles. The molecule has 2 aromatic heterocycles. The normalized spacial score (nSPS) is 12.3. The predicted octanol–water partition coefficient (Wildman–Crippen LogP) is 2.89. The van der Waals surface area contributed by atoms with Crippen molar-refractivity contribution in [3.05, 3.63) is 34.2 Å². The first-order chi connectivity index (χ1) is 7.45. The molecule has 16 heavy (non-hydrogen) atoms. The molecule has 0 aliphatic rings. The Hall–Kier alpha value is -0.870. The number of pyridine rings is 1. The quantitative estimate of drug-likeness (QED) is 0.873. The lowest BCUT2D eigenvalue weighted by Gasteiger charge is -2.16. The summed E-state index contributed by atoms with van der Waals surface area (Å²) in [4.78, 5) is 4.61. The molecule has 86 valence electrons. The second-order valence-corrected chi connectivity index (χ2v) is 5.72. The Morgan fingerprint density at radius 1 is 1.44 bits per heavy atom. The molecule has 0 unspecified atom stereocenters. The van der Waals surface area contributed by atoms with Crippen molar-refractivity contribution in [2.75, 3.05) is 0 Å². The highest BCUT2D eigenvalue weighted by Crippen LogP contribution is 2.28. The van der Waals surface area contributed by atoms with Gasteiger partial charge in [0.2, 0.25) is 0 Å². The first kappa shape index (κ1) is 11.6. The van der Waals surface area contributed by atoms with Crippen LogP contribution in [0.3, 0.4) is 0 Å². The van der Waals surface area contributed by atoms with Crippen LogP contribution < -0.4 is 0 Å². The Balaban J connectivity index is 2.81. The van der Waals surface area contributed by atoms with Crippen molar-refractivity contribution >= 4 is 21.6 Å². The molecule has 3 nitrogen and oxygen atoms in total. The Labute approximate surface area is 103 Å². The van der Waals surface area contributed by atoms with E-state index in [0.29, 0.717) is 0 Å². The van der Waals surface area contributed by atoms with Crippen molar-refractivity contribution < 1.29 is 5.11 Å². The van der Waals surface area contributed by atoms with Crippen molar-refractivity contribution in [2.24, 2.45) is 0 Å². The number of aliphatic hydroxyl groups is 1. The van der Waals surface area contributed by atoms with Crippen LogP contribution in [0.4, 0.5) is 0 Å². The number of hydrogen-bond acceptors (Lipinski definition) is 2. The lowest BCUT2D eigenvalue weighted by Crippen LogP contribution is -2.14. The molecule has 2 aromatic rings. The number of aliphatic hydroxyl groups excluding tert-OH is 1. The van der Waals surface area contributed by atoms with Crippen LogP contribution in [0.5, 0.6) is 0 Å². The average molecular weight is 283 g/mol. The third kappa shape index (κ3) is 1.76. The Morgan fingerprint density at radius 2 is 2.12 bits per heavy atom. The summed E-state index contributed by atoms with van der Waals surface area (Å²) in [5.74, 6) is 0. The maximum absolute atomic E-state index is 9.48. The standard InChI is InChI=1S/C12H15BrN2O/c1-12(2,3)10-9(7-16)15-6-4-5-8(13)11(15)14-10/h4-6,16H,7H2,1-3H3. The summed E-state index contributed by atoms with van der Waals surface area (Å²) in [7, 11) is 0. The number of imidazole rings is 1. The van der Waals surface area contributed by atoms with Crippen LogP contribution in [0.2, 0.25) is 0 Å². The summed E-state index contributed by atoms with van der Waals surface area (Å²) in [6, 6.07) is 3.89. The second-order valence-electron chi connectivity index (χ2n) is 4.86. The van der Waals surface area contributed by atoms with Crippen molar-refractivity contribution in [3.8, 4) is 0 Å². The van der Waals surface area contributed by atoms with Crippen molar-refractivity contribution in [1.82, 2.24) is 9.38 Å². The van der Waals surface area contributed by atoms with Gasteiger partial charge in [0.05, 0.1) is 22.5 Å². The van der Waals surface area contributed by atoms with Gasteiger partial charge in [0, 0.05) is 11.6 Å². The molecule has 4 heteroatoms. The fraction of sp³-hybridized carbons (Fsp3) is 0.417. The fourth-order valence-electron chi connectivity index (χ4n) is 1.84. The molecule has 1 N–H and O–H groups in total. The Bertz CT molecular complexity index is 526. The van der Waals surface area contributed by atoms with Crippen LogP contribution in [0.1, 0.15) is 32.2 Å². The van der Waals surface area contributed by atoms with Gasteiger partial charge in [0.25, 0.3) is 0 Å². The van der Waals surface area contributed by atoms with Crippen LogP contribution in [-0.4, -0.2) is 14.5 Å². The van der Waals surface area contributed by atoms with E-state index in [2.05, 4.69) is 41.7 Å². The van der Waals surface area contributed by atoms with Gasteiger partial charge in [-0.05, 0) is 28.1 Å². The molecule has 0 fully saturated rings. The van der Waals surface area contributed by atoms with Crippen LogP contribution in [-0.2, 0) is 12.0 Å². The fourth-order valence-corrected chi connectivity index (χ4v) is 2.27. The SMILES string of the molecule is CC(C)(C)c1nc2c(Br)cccn2c1CO. The summed E-state index contributed by atoms with van der Waals surface area (Å²) >= 11 is 3.48. The van der Waals surface area contributed by atoms with Gasteiger partial charge in [-0.2, -0.15) is 0 Å². The smallest absolute Gasteiger partial charge is 0.151 e. The van der Waals surface area contributed by atoms with E-state index in [0.717, 1.165) is 21.5 Å². The highest BCUT2D eigenvalue weighted by Gasteiger charge is 2.23. The van der Waals surface area contributed by atoms with E-state index in [4.69, 9.17) is 0 Å². The number of fused-ring (bicyclic) bond motifs is 1. The minimum absolute atomic E-state index is 0.00419. The van der Waals surface area contributed by atoms with Gasteiger partial charge >= 0.3 is 0 Å². The number of aromatic nitrogens is 2. The summed E-state index contributed by atoms with van der Waals surface area (Å²) in [6.07, 6.45) is 1.92. The van der Waals surface area contributed by atoms with E-state index < -0.39 is 0 Å². The molecule has 0 radical (unpaired) electrons. The number of halogens is 1. The highest BCUT2D eigenvalue weighted by molar-refractivity contribution is 9.10. The molecule has 0 aliphatic carbocycles. The minimum Gasteiger partial charge on any atom is -0.390 e. The maximum Gasteiger partial charge on any atom is 0.151 e. The molecule has 0 bridgehead atoms. The van der Waals surface area contributed by atoms with Crippen LogP contribution in [0.15, 0.2) is 22.8 Å². The summed E-state index contributed by atoms with van der Waals surface area (Å²) in [5.41, 5.74) is 2.60. The summed E-state index contributed by atoms with van der Waals surface area (Å²) in [5, 5.41) is 9.48. The van der Waals surface area contributed by atoms with Gasteiger partial charge in [0.15, 0.2) is 5.65 Å². The average Bonchev–Trinajstić information content (AvgIpc) is 2.57. The molecule has 0 saturated carbocycles. The van der Waals surface area contributed by atoms with Crippen molar-refractivity contribution in [1.29, 1.82) is 0 Å². The van der Waals surface area contributed by atoms with Crippen LogP contribution in [0, 0.1) is 0 Å². The third-order valence-electron chi connectivity index (χ3n) is 2.56. The van der Waals surface area contributed by atoms with E-state index in [1.165, 1.54) is 0 Å². The summed E-state index contributed by atoms with van der Waals surface area (Å²) in [6.45, 7) is 6.30. The third-order valence-corrected chi connectivity index (χ3v) is 3.18. The molecular weight excluding hydrogens is 268 g/mol. The van der Waals surface area contributed by atoms with Gasteiger partial charge in [-0.25, -0.2) is 4.98 Å². The van der Waals surface area contributed by atoms with E-state index in [1.807, 2.05) is 22.7 Å². The van der Waals surface area contributed by atoms with Gasteiger partial charge in [-0.15, -0.1) is 0 Å². The number of rotatable bonds is 1. The Morgan fingerprint density at radius 3 is 2.69 bits per heavy atom. The van der Waals surface area contributed by atoms with E-state index in [9.17, 15) is 5.11 Å². The molecule has 0 aromatic carbocycles. The highest BCUT2D eigenvalue weighted by atomic mass is 79.9. The zero-order valence-electron chi connectivity index (χ0n) is 9.66. The van der Waals surface area contributed by atoms with Gasteiger partial charge < -0.3 is 9.51 Å². The zero-order valence-corrected chi connectivity index (χ0v) is 11.2. The first-order valence-corrected chi connectivity index (χ1v) is 6.01. The molecule has 0 amide bonds. The summed E-state index contributed by atoms with van der Waals surface area (Å²) < 4.78 is 2.88. The largest absolute Gasteiger partial charge is 0.390 e.